The molecule has 4 heteroatoms. The molecular weight excluding hydrogens is 264 g/mol. The van der Waals surface area contributed by atoms with E-state index in [1.165, 1.54) is 0 Å². The number of hydrogen-bond donors (Lipinski definition) is 1. The Morgan fingerprint density at radius 3 is 2.76 bits per heavy atom. The molecule has 0 fully saturated rings. The zero-order valence-corrected chi connectivity index (χ0v) is 12.0. The summed E-state index contributed by atoms with van der Waals surface area (Å²) in [6.07, 6.45) is 1.02. The third-order valence-electron chi connectivity index (χ3n) is 3.55. The van der Waals surface area contributed by atoms with Crippen molar-refractivity contribution in [2.75, 3.05) is 36.9 Å². The second-order valence-corrected chi connectivity index (χ2v) is 5.07. The summed E-state index contributed by atoms with van der Waals surface area (Å²) in [6, 6.07) is 15.7. The first-order valence-corrected chi connectivity index (χ1v) is 7.28. The van der Waals surface area contributed by atoms with Gasteiger partial charge in [-0.1, -0.05) is 12.1 Å². The van der Waals surface area contributed by atoms with Crippen LogP contribution in [0.15, 0.2) is 48.5 Å². The zero-order valence-electron chi connectivity index (χ0n) is 12.0. The van der Waals surface area contributed by atoms with Gasteiger partial charge in [-0.2, -0.15) is 0 Å². The average Bonchev–Trinajstić information content (AvgIpc) is 2.72. The van der Waals surface area contributed by atoms with Gasteiger partial charge in [-0.25, -0.2) is 0 Å². The molecule has 110 valence electrons. The first kappa shape index (κ1) is 13.6. The summed E-state index contributed by atoms with van der Waals surface area (Å²) in [5.74, 6) is 1.81. The highest BCUT2D eigenvalue weighted by Gasteiger charge is 2.15. The summed E-state index contributed by atoms with van der Waals surface area (Å²) >= 11 is 0. The molecule has 0 saturated carbocycles. The van der Waals surface area contributed by atoms with Gasteiger partial charge in [0.15, 0.2) is 0 Å². The molecule has 0 amide bonds. The van der Waals surface area contributed by atoms with Crippen LogP contribution < -0.4 is 20.1 Å². The molecule has 0 aliphatic carbocycles. The van der Waals surface area contributed by atoms with E-state index in [1.54, 1.807) is 0 Å². The molecule has 0 unspecified atom stereocenters. The Labute approximate surface area is 125 Å². The molecule has 1 aliphatic rings. The van der Waals surface area contributed by atoms with Crippen molar-refractivity contribution in [3.05, 3.63) is 48.5 Å². The quantitative estimate of drug-likeness (QED) is 0.877. The van der Waals surface area contributed by atoms with Gasteiger partial charge in [0.2, 0.25) is 0 Å². The van der Waals surface area contributed by atoms with Crippen molar-refractivity contribution in [2.45, 2.75) is 6.42 Å². The van der Waals surface area contributed by atoms with Crippen molar-refractivity contribution in [3.63, 3.8) is 0 Å². The fourth-order valence-electron chi connectivity index (χ4n) is 2.47. The standard InChI is InChI=1S/C17H20N2O2/c18-14-6-8-15(9-7-14)20-13-11-19-10-3-12-21-17-5-2-1-4-16(17)19/h1-2,4-9H,3,10-13,18H2. The number of anilines is 2. The lowest BCUT2D eigenvalue weighted by atomic mass is 10.2. The summed E-state index contributed by atoms with van der Waals surface area (Å²) in [6.45, 7) is 3.23. The lowest BCUT2D eigenvalue weighted by Crippen LogP contribution is -2.28. The highest BCUT2D eigenvalue weighted by molar-refractivity contribution is 5.58. The molecule has 4 nitrogen and oxygen atoms in total. The van der Waals surface area contributed by atoms with E-state index in [0.717, 1.165) is 49.0 Å². The van der Waals surface area contributed by atoms with Gasteiger partial charge < -0.3 is 20.1 Å². The van der Waals surface area contributed by atoms with Gasteiger partial charge in [0.25, 0.3) is 0 Å². The predicted octanol–water partition coefficient (Wildman–Crippen LogP) is 2.94. The van der Waals surface area contributed by atoms with Crippen molar-refractivity contribution in [1.82, 2.24) is 0 Å². The monoisotopic (exact) mass is 284 g/mol. The molecule has 1 aliphatic heterocycles. The fraction of sp³-hybridized carbons (Fsp3) is 0.294. The lowest BCUT2D eigenvalue weighted by molar-refractivity contribution is 0.317. The van der Waals surface area contributed by atoms with Crippen LogP contribution in [-0.2, 0) is 0 Å². The van der Waals surface area contributed by atoms with Crippen molar-refractivity contribution < 1.29 is 9.47 Å². The van der Waals surface area contributed by atoms with Crippen LogP contribution in [0.2, 0.25) is 0 Å². The number of nitrogens with zero attached hydrogens (tertiary/aromatic N) is 1. The SMILES string of the molecule is Nc1ccc(OCCN2CCCOc3ccccc32)cc1. The summed E-state index contributed by atoms with van der Waals surface area (Å²) in [5.41, 5.74) is 7.56. The largest absolute Gasteiger partial charge is 0.492 e. The van der Waals surface area contributed by atoms with Crippen LogP contribution in [0.5, 0.6) is 11.5 Å². The summed E-state index contributed by atoms with van der Waals surface area (Å²) in [4.78, 5) is 2.32. The Balaban J connectivity index is 1.61. The maximum Gasteiger partial charge on any atom is 0.142 e. The van der Waals surface area contributed by atoms with Crippen LogP contribution in [0.3, 0.4) is 0 Å². The third kappa shape index (κ3) is 3.40. The number of nitrogens with two attached hydrogens (primary N) is 1. The van der Waals surface area contributed by atoms with Gasteiger partial charge in [0.05, 0.1) is 18.8 Å². The van der Waals surface area contributed by atoms with Crippen molar-refractivity contribution in [1.29, 1.82) is 0 Å². The summed E-state index contributed by atoms with van der Waals surface area (Å²) in [7, 11) is 0. The van der Waals surface area contributed by atoms with E-state index >= 15 is 0 Å². The number of benzene rings is 2. The highest BCUT2D eigenvalue weighted by Crippen LogP contribution is 2.30. The second kappa shape index (κ2) is 6.39. The number of rotatable bonds is 4. The molecule has 0 aromatic heterocycles. The average molecular weight is 284 g/mol. The lowest BCUT2D eigenvalue weighted by Gasteiger charge is -2.23. The van der Waals surface area contributed by atoms with Gasteiger partial charge in [-0.05, 0) is 42.8 Å². The maximum absolute atomic E-state index is 5.78. The molecule has 2 aromatic carbocycles. The van der Waals surface area contributed by atoms with Crippen molar-refractivity contribution in [2.24, 2.45) is 0 Å². The van der Waals surface area contributed by atoms with Crippen LogP contribution in [0, 0.1) is 0 Å². The van der Waals surface area contributed by atoms with E-state index in [2.05, 4.69) is 11.0 Å². The molecule has 0 radical (unpaired) electrons. The van der Waals surface area contributed by atoms with E-state index in [-0.39, 0.29) is 0 Å². The zero-order chi connectivity index (χ0) is 14.5. The fourth-order valence-corrected chi connectivity index (χ4v) is 2.47. The molecule has 0 spiro atoms. The Bertz CT molecular complexity index is 584. The Morgan fingerprint density at radius 1 is 1.10 bits per heavy atom. The topological polar surface area (TPSA) is 47.7 Å². The van der Waals surface area contributed by atoms with E-state index in [1.807, 2.05) is 42.5 Å². The van der Waals surface area contributed by atoms with E-state index in [0.29, 0.717) is 6.61 Å². The first-order valence-electron chi connectivity index (χ1n) is 7.28. The minimum absolute atomic E-state index is 0.637. The van der Waals surface area contributed by atoms with Crippen molar-refractivity contribution in [3.8, 4) is 11.5 Å². The van der Waals surface area contributed by atoms with Gasteiger partial charge in [0, 0.05) is 12.2 Å². The minimum Gasteiger partial charge on any atom is -0.492 e. The van der Waals surface area contributed by atoms with Gasteiger partial charge >= 0.3 is 0 Å². The van der Waals surface area contributed by atoms with Gasteiger partial charge in [-0.3, -0.25) is 0 Å². The summed E-state index contributed by atoms with van der Waals surface area (Å²) < 4.78 is 11.5. The van der Waals surface area contributed by atoms with Crippen LogP contribution >= 0.6 is 0 Å². The predicted molar refractivity (Wildman–Crippen MR) is 85.1 cm³/mol. The number of nitrogen functional groups attached to an aromatic ring is 1. The van der Waals surface area contributed by atoms with Gasteiger partial charge in [-0.15, -0.1) is 0 Å². The molecule has 3 rings (SSSR count). The number of ether oxygens (including phenoxy) is 2. The van der Waals surface area contributed by atoms with Crippen LogP contribution in [0.4, 0.5) is 11.4 Å². The minimum atomic E-state index is 0.637. The number of fused-ring (bicyclic) bond motifs is 1. The molecule has 1 heterocycles. The molecule has 0 bridgehead atoms. The van der Waals surface area contributed by atoms with Crippen molar-refractivity contribution >= 4 is 11.4 Å². The van der Waals surface area contributed by atoms with Gasteiger partial charge in [0.1, 0.15) is 18.1 Å². The van der Waals surface area contributed by atoms with E-state index in [9.17, 15) is 0 Å². The van der Waals surface area contributed by atoms with E-state index in [4.69, 9.17) is 15.2 Å². The Morgan fingerprint density at radius 2 is 1.90 bits per heavy atom. The van der Waals surface area contributed by atoms with Crippen LogP contribution in [-0.4, -0.2) is 26.3 Å². The molecular formula is C17H20N2O2. The maximum atomic E-state index is 5.78. The summed E-state index contributed by atoms with van der Waals surface area (Å²) in [5, 5.41) is 0. The molecule has 2 aromatic rings. The number of hydrogen-bond acceptors (Lipinski definition) is 4. The first-order chi connectivity index (χ1) is 10.3. The molecule has 21 heavy (non-hydrogen) atoms. The van der Waals surface area contributed by atoms with Crippen LogP contribution in [0.1, 0.15) is 6.42 Å². The second-order valence-electron chi connectivity index (χ2n) is 5.07. The smallest absolute Gasteiger partial charge is 0.142 e. The van der Waals surface area contributed by atoms with Crippen LogP contribution in [0.25, 0.3) is 0 Å². The molecule has 0 saturated heterocycles. The molecule has 0 atom stereocenters. The third-order valence-corrected chi connectivity index (χ3v) is 3.55. The normalized spacial score (nSPS) is 14.0. The number of para-hydroxylation sites is 2. The Kier molecular flexibility index (Phi) is 4.15. The Hall–Kier alpha value is -2.36. The highest BCUT2D eigenvalue weighted by atomic mass is 16.5. The molecule has 2 N–H and O–H groups in total. The van der Waals surface area contributed by atoms with E-state index < -0.39 is 0 Å².